The topological polar surface area (TPSA) is 58.6 Å². The largest absolute Gasteiger partial charge is 0.489 e. The molecule has 1 heterocycles. The molecule has 0 aliphatic carbocycles. The fourth-order valence-electron chi connectivity index (χ4n) is 3.17. The van der Waals surface area contributed by atoms with Crippen LogP contribution in [0.2, 0.25) is 0 Å². The summed E-state index contributed by atoms with van der Waals surface area (Å²) in [5, 5.41) is 1.14. The maximum absolute atomic E-state index is 12.8. The third kappa shape index (κ3) is 6.09. The molecule has 3 aromatic rings. The molecule has 166 valence electrons. The average molecular weight is 475 g/mol. The Balaban J connectivity index is 1.35. The molecule has 0 aromatic heterocycles. The van der Waals surface area contributed by atoms with Gasteiger partial charge in [-0.05, 0) is 54.0 Å². The second kappa shape index (κ2) is 10.5. The minimum Gasteiger partial charge on any atom is -0.489 e. The van der Waals surface area contributed by atoms with Crippen molar-refractivity contribution >= 4 is 46.2 Å². The summed E-state index contributed by atoms with van der Waals surface area (Å²) < 4.78 is 6.13. The van der Waals surface area contributed by atoms with E-state index in [-0.39, 0.29) is 18.2 Å². The van der Waals surface area contributed by atoms with Crippen LogP contribution >= 0.6 is 24.0 Å². The van der Waals surface area contributed by atoms with Gasteiger partial charge < -0.3 is 4.74 Å². The first-order valence-electron chi connectivity index (χ1n) is 10.4. The van der Waals surface area contributed by atoms with Crippen LogP contribution in [0.15, 0.2) is 83.8 Å². The molecule has 4 rings (SSSR count). The van der Waals surface area contributed by atoms with Crippen molar-refractivity contribution < 1.29 is 14.3 Å². The fourth-order valence-corrected chi connectivity index (χ4v) is 4.35. The Morgan fingerprint density at radius 3 is 2.39 bits per heavy atom. The number of thioether (sulfide) groups is 1. The first kappa shape index (κ1) is 22.8. The highest BCUT2D eigenvalue weighted by molar-refractivity contribution is 8.26. The van der Waals surface area contributed by atoms with E-state index in [1.165, 1.54) is 5.56 Å². The first-order chi connectivity index (χ1) is 16.0. The number of nitrogens with one attached hydrogen (secondary N) is 1. The Hall–Kier alpha value is -3.42. The van der Waals surface area contributed by atoms with Crippen LogP contribution in [0.1, 0.15) is 22.3 Å². The predicted octanol–water partition coefficient (Wildman–Crippen LogP) is 5.05. The molecule has 33 heavy (non-hydrogen) atoms. The molecule has 1 saturated heterocycles. The SMILES string of the molecule is Cc1ccc(COc2ccc(/C=C3\SC(=S)N(NC(=O)Cc4ccccc4)C3=O)cc2)cc1. The second-order valence-corrected chi connectivity index (χ2v) is 9.23. The lowest BCUT2D eigenvalue weighted by Crippen LogP contribution is -2.45. The van der Waals surface area contributed by atoms with Gasteiger partial charge in [0, 0.05) is 0 Å². The van der Waals surface area contributed by atoms with Crippen molar-refractivity contribution in [3.05, 3.63) is 106 Å². The van der Waals surface area contributed by atoms with Gasteiger partial charge in [0.15, 0.2) is 4.32 Å². The van der Waals surface area contributed by atoms with Gasteiger partial charge in [-0.25, -0.2) is 0 Å². The molecule has 0 saturated carbocycles. The zero-order valence-electron chi connectivity index (χ0n) is 18.0. The number of hydrogen-bond donors (Lipinski definition) is 1. The van der Waals surface area contributed by atoms with E-state index in [9.17, 15) is 9.59 Å². The Labute approximate surface area is 202 Å². The summed E-state index contributed by atoms with van der Waals surface area (Å²) >= 11 is 6.46. The number of carbonyl (C=O) groups is 2. The van der Waals surface area contributed by atoms with E-state index in [0.29, 0.717) is 15.8 Å². The number of thiocarbonyl (C=S) groups is 1. The maximum atomic E-state index is 12.8. The van der Waals surface area contributed by atoms with Gasteiger partial charge in [0.2, 0.25) is 5.91 Å². The van der Waals surface area contributed by atoms with Crippen molar-refractivity contribution in [2.75, 3.05) is 0 Å². The van der Waals surface area contributed by atoms with Gasteiger partial charge in [0.05, 0.1) is 11.3 Å². The van der Waals surface area contributed by atoms with E-state index < -0.39 is 0 Å². The monoisotopic (exact) mass is 474 g/mol. The van der Waals surface area contributed by atoms with Crippen molar-refractivity contribution in [3.8, 4) is 5.75 Å². The second-order valence-electron chi connectivity index (χ2n) is 7.56. The average Bonchev–Trinajstić information content (AvgIpc) is 3.07. The van der Waals surface area contributed by atoms with E-state index in [0.717, 1.165) is 39.2 Å². The third-order valence-corrected chi connectivity index (χ3v) is 6.24. The Kier molecular flexibility index (Phi) is 7.22. The van der Waals surface area contributed by atoms with Gasteiger partial charge >= 0.3 is 0 Å². The number of ether oxygens (including phenoxy) is 1. The summed E-state index contributed by atoms with van der Waals surface area (Å²) in [7, 11) is 0. The van der Waals surface area contributed by atoms with E-state index >= 15 is 0 Å². The number of benzene rings is 3. The highest BCUT2D eigenvalue weighted by Gasteiger charge is 2.33. The van der Waals surface area contributed by atoms with Crippen molar-refractivity contribution in [3.63, 3.8) is 0 Å². The molecular formula is C26H22N2O3S2. The van der Waals surface area contributed by atoms with Crippen molar-refractivity contribution in [2.24, 2.45) is 0 Å². The molecule has 3 aromatic carbocycles. The van der Waals surface area contributed by atoms with Crippen LogP contribution in [0, 0.1) is 6.92 Å². The van der Waals surface area contributed by atoms with Crippen molar-refractivity contribution in [1.29, 1.82) is 0 Å². The van der Waals surface area contributed by atoms with Crippen LogP contribution in [-0.4, -0.2) is 21.1 Å². The van der Waals surface area contributed by atoms with E-state index in [1.807, 2.05) is 66.7 Å². The van der Waals surface area contributed by atoms with Crippen LogP contribution in [0.25, 0.3) is 6.08 Å². The molecule has 5 nitrogen and oxygen atoms in total. The normalized spacial score (nSPS) is 14.6. The molecule has 1 fully saturated rings. The summed E-state index contributed by atoms with van der Waals surface area (Å²) in [6, 6.07) is 25.0. The van der Waals surface area contributed by atoms with Crippen molar-refractivity contribution in [2.45, 2.75) is 20.0 Å². The molecule has 0 unspecified atom stereocenters. The molecular weight excluding hydrogens is 452 g/mol. The van der Waals surface area contributed by atoms with Gasteiger partial charge in [-0.1, -0.05) is 84.1 Å². The van der Waals surface area contributed by atoms with Crippen LogP contribution in [0.3, 0.4) is 0 Å². The number of rotatable bonds is 7. The van der Waals surface area contributed by atoms with Gasteiger partial charge in [-0.15, -0.1) is 0 Å². The number of nitrogens with zero attached hydrogens (tertiary/aromatic N) is 1. The van der Waals surface area contributed by atoms with Gasteiger partial charge in [-0.2, -0.15) is 5.01 Å². The summed E-state index contributed by atoms with van der Waals surface area (Å²) in [6.07, 6.45) is 1.92. The number of aryl methyl sites for hydroxylation is 1. The standard InChI is InChI=1S/C26H22N2O3S2/c1-18-7-9-21(10-8-18)17-31-22-13-11-20(12-14-22)15-23-25(30)28(26(32)33-23)27-24(29)16-19-5-3-2-4-6-19/h2-15H,16-17H2,1H3,(H,27,29)/b23-15-. The minimum atomic E-state index is -0.342. The Bertz CT molecular complexity index is 1190. The van der Waals surface area contributed by atoms with Gasteiger partial charge in [0.25, 0.3) is 5.91 Å². The summed E-state index contributed by atoms with van der Waals surface area (Å²) in [6.45, 7) is 2.54. The first-order valence-corrected chi connectivity index (χ1v) is 11.6. The number of hydrazine groups is 1. The third-order valence-electron chi connectivity index (χ3n) is 4.94. The highest BCUT2D eigenvalue weighted by Crippen LogP contribution is 2.31. The lowest BCUT2D eigenvalue weighted by molar-refractivity contribution is -0.132. The zero-order chi connectivity index (χ0) is 23.2. The lowest BCUT2D eigenvalue weighted by Gasteiger charge is -2.15. The molecule has 0 bridgehead atoms. The summed E-state index contributed by atoms with van der Waals surface area (Å²) in [5.74, 6) is 0.105. The van der Waals surface area contributed by atoms with E-state index in [4.69, 9.17) is 17.0 Å². The van der Waals surface area contributed by atoms with Crippen LogP contribution in [-0.2, 0) is 22.6 Å². The van der Waals surface area contributed by atoms with E-state index in [2.05, 4.69) is 24.5 Å². The lowest BCUT2D eigenvalue weighted by atomic mass is 10.1. The fraction of sp³-hybridized carbons (Fsp3) is 0.115. The smallest absolute Gasteiger partial charge is 0.285 e. The molecule has 2 amide bonds. The minimum absolute atomic E-state index is 0.168. The summed E-state index contributed by atoms with van der Waals surface area (Å²) in [4.78, 5) is 25.6. The van der Waals surface area contributed by atoms with E-state index in [1.54, 1.807) is 6.08 Å². The molecule has 1 aliphatic rings. The van der Waals surface area contributed by atoms with Crippen molar-refractivity contribution in [1.82, 2.24) is 10.4 Å². The maximum Gasteiger partial charge on any atom is 0.285 e. The quantitative estimate of drug-likeness (QED) is 0.384. The van der Waals surface area contributed by atoms with Gasteiger partial charge in [0.1, 0.15) is 12.4 Å². The summed E-state index contributed by atoms with van der Waals surface area (Å²) in [5.41, 5.74) is 6.62. The highest BCUT2D eigenvalue weighted by atomic mass is 32.2. The predicted molar refractivity (Wildman–Crippen MR) is 135 cm³/mol. The van der Waals surface area contributed by atoms with Crippen LogP contribution in [0.5, 0.6) is 5.75 Å². The molecule has 0 atom stereocenters. The molecule has 1 aliphatic heterocycles. The van der Waals surface area contributed by atoms with Crippen LogP contribution in [0.4, 0.5) is 0 Å². The Morgan fingerprint density at radius 2 is 1.70 bits per heavy atom. The molecule has 0 radical (unpaired) electrons. The molecule has 0 spiro atoms. The zero-order valence-corrected chi connectivity index (χ0v) is 19.6. The number of amides is 2. The Morgan fingerprint density at radius 1 is 1.00 bits per heavy atom. The van der Waals surface area contributed by atoms with Gasteiger partial charge in [-0.3, -0.25) is 15.0 Å². The molecule has 1 N–H and O–H groups in total. The molecule has 7 heteroatoms. The van der Waals surface area contributed by atoms with Crippen LogP contribution < -0.4 is 10.2 Å². The number of carbonyl (C=O) groups excluding carboxylic acids is 2. The number of hydrogen-bond acceptors (Lipinski definition) is 5.